The molecule has 0 heterocycles. The predicted octanol–water partition coefficient (Wildman–Crippen LogP) is 4.37. The largest absolute Gasteiger partial charge is 0.393 e. The van der Waals surface area contributed by atoms with Gasteiger partial charge in [-0.15, -0.1) is 11.8 Å². The van der Waals surface area contributed by atoms with Gasteiger partial charge in [0.15, 0.2) is 0 Å². The molecule has 0 aliphatic carbocycles. The summed E-state index contributed by atoms with van der Waals surface area (Å²) in [4.78, 5) is 11.1. The van der Waals surface area contributed by atoms with Crippen molar-refractivity contribution in [3.63, 3.8) is 0 Å². The van der Waals surface area contributed by atoms with Crippen molar-refractivity contribution in [1.29, 1.82) is 0 Å². The van der Waals surface area contributed by atoms with Crippen LogP contribution in [0, 0.1) is 10.1 Å². The standard InChI is InChI=1S/C11H12Cl2N2O2S/c12-11(13)3-1-2-6-18-8-4-5-9(14)10(7-8)15(16)17/h3-5,7H,1-2,6,14H2. The molecular formula is C11H12Cl2N2O2S. The molecule has 1 aromatic carbocycles. The lowest BCUT2D eigenvalue weighted by Crippen LogP contribution is -1.95. The van der Waals surface area contributed by atoms with Gasteiger partial charge < -0.3 is 5.73 Å². The van der Waals surface area contributed by atoms with Crippen molar-refractivity contribution in [2.45, 2.75) is 17.7 Å². The molecule has 0 aromatic heterocycles. The van der Waals surface area contributed by atoms with Crippen LogP contribution in [0.3, 0.4) is 0 Å². The Morgan fingerprint density at radius 2 is 2.22 bits per heavy atom. The Kier molecular flexibility index (Phi) is 6.32. The van der Waals surface area contributed by atoms with E-state index in [-0.39, 0.29) is 15.9 Å². The van der Waals surface area contributed by atoms with E-state index in [2.05, 4.69) is 0 Å². The first-order valence-corrected chi connectivity index (χ1v) is 6.92. The average molecular weight is 307 g/mol. The molecule has 4 nitrogen and oxygen atoms in total. The van der Waals surface area contributed by atoms with Gasteiger partial charge in [0.05, 0.1) is 4.92 Å². The molecule has 0 amide bonds. The minimum atomic E-state index is -0.477. The van der Waals surface area contributed by atoms with Crippen LogP contribution in [0.25, 0.3) is 0 Å². The molecule has 0 radical (unpaired) electrons. The second-order valence-electron chi connectivity index (χ2n) is 3.46. The molecule has 0 aliphatic heterocycles. The smallest absolute Gasteiger partial charge is 0.293 e. The van der Waals surface area contributed by atoms with Crippen LogP contribution in [0.4, 0.5) is 11.4 Å². The number of hydrogen-bond acceptors (Lipinski definition) is 4. The first-order chi connectivity index (χ1) is 8.50. The highest BCUT2D eigenvalue weighted by atomic mass is 35.5. The van der Waals surface area contributed by atoms with Crippen molar-refractivity contribution >= 4 is 46.3 Å². The first-order valence-electron chi connectivity index (χ1n) is 5.18. The third-order valence-corrected chi connectivity index (χ3v) is 3.50. The number of nitro benzene ring substituents is 1. The Morgan fingerprint density at radius 3 is 2.83 bits per heavy atom. The molecular weight excluding hydrogens is 295 g/mol. The molecule has 2 N–H and O–H groups in total. The lowest BCUT2D eigenvalue weighted by molar-refractivity contribution is -0.384. The average Bonchev–Trinajstić information content (AvgIpc) is 2.30. The first kappa shape index (κ1) is 15.1. The molecule has 0 spiro atoms. The van der Waals surface area contributed by atoms with E-state index in [0.717, 1.165) is 23.5 Å². The normalized spacial score (nSPS) is 10.1. The Hall–Kier alpha value is -0.910. The van der Waals surface area contributed by atoms with Gasteiger partial charge >= 0.3 is 0 Å². The predicted molar refractivity (Wildman–Crippen MR) is 77.3 cm³/mol. The van der Waals surface area contributed by atoms with Crippen molar-refractivity contribution in [2.24, 2.45) is 0 Å². The zero-order valence-electron chi connectivity index (χ0n) is 9.44. The van der Waals surface area contributed by atoms with Crippen LogP contribution in [0.2, 0.25) is 0 Å². The Bertz CT molecular complexity index is 462. The van der Waals surface area contributed by atoms with E-state index in [9.17, 15) is 10.1 Å². The van der Waals surface area contributed by atoms with Crippen LogP contribution in [0.5, 0.6) is 0 Å². The molecule has 18 heavy (non-hydrogen) atoms. The van der Waals surface area contributed by atoms with Gasteiger partial charge in [0, 0.05) is 11.0 Å². The fraction of sp³-hybridized carbons (Fsp3) is 0.273. The van der Waals surface area contributed by atoms with Crippen LogP contribution in [0.15, 0.2) is 33.7 Å². The number of nitrogen functional groups attached to an aromatic ring is 1. The summed E-state index contributed by atoms with van der Waals surface area (Å²) >= 11 is 12.5. The minimum Gasteiger partial charge on any atom is -0.393 e. The molecule has 0 bridgehead atoms. The lowest BCUT2D eigenvalue weighted by atomic mass is 10.3. The van der Waals surface area contributed by atoms with Gasteiger partial charge in [-0.1, -0.05) is 29.3 Å². The lowest BCUT2D eigenvalue weighted by Gasteiger charge is -2.02. The van der Waals surface area contributed by atoms with E-state index in [1.165, 1.54) is 17.8 Å². The topological polar surface area (TPSA) is 69.2 Å². The highest BCUT2D eigenvalue weighted by Crippen LogP contribution is 2.28. The fourth-order valence-electron chi connectivity index (χ4n) is 1.26. The van der Waals surface area contributed by atoms with Gasteiger partial charge in [0.1, 0.15) is 10.2 Å². The maximum absolute atomic E-state index is 10.7. The van der Waals surface area contributed by atoms with Crippen molar-refractivity contribution in [2.75, 3.05) is 11.5 Å². The summed E-state index contributed by atoms with van der Waals surface area (Å²) in [6.07, 6.45) is 3.41. The van der Waals surface area contributed by atoms with Gasteiger partial charge in [-0.05, 0) is 30.7 Å². The molecule has 1 aromatic rings. The number of nitrogens with two attached hydrogens (primary N) is 1. The van der Waals surface area contributed by atoms with Gasteiger partial charge in [-0.25, -0.2) is 0 Å². The third-order valence-electron chi connectivity index (χ3n) is 2.11. The Labute approximate surface area is 119 Å². The Balaban J connectivity index is 2.50. The number of benzene rings is 1. The summed E-state index contributed by atoms with van der Waals surface area (Å²) in [6, 6.07) is 4.82. The van der Waals surface area contributed by atoms with E-state index in [0.29, 0.717) is 0 Å². The number of nitro groups is 1. The van der Waals surface area contributed by atoms with Crippen molar-refractivity contribution in [3.05, 3.63) is 38.9 Å². The minimum absolute atomic E-state index is 0.0521. The quantitative estimate of drug-likeness (QED) is 0.278. The summed E-state index contributed by atoms with van der Waals surface area (Å²) in [6.45, 7) is 0. The van der Waals surface area contributed by atoms with Gasteiger partial charge in [0.25, 0.3) is 5.69 Å². The van der Waals surface area contributed by atoms with E-state index >= 15 is 0 Å². The van der Waals surface area contributed by atoms with Crippen LogP contribution in [0.1, 0.15) is 12.8 Å². The van der Waals surface area contributed by atoms with Crippen LogP contribution >= 0.6 is 35.0 Å². The number of thioether (sulfide) groups is 1. The maximum Gasteiger partial charge on any atom is 0.293 e. The SMILES string of the molecule is Nc1ccc(SCCCC=C(Cl)Cl)cc1[N+](=O)[O-]. The van der Waals surface area contributed by atoms with Crippen LogP contribution in [-0.2, 0) is 0 Å². The van der Waals surface area contributed by atoms with E-state index in [1.54, 1.807) is 18.2 Å². The van der Waals surface area contributed by atoms with E-state index in [1.807, 2.05) is 0 Å². The number of allylic oxidation sites excluding steroid dienone is 1. The number of halogens is 2. The van der Waals surface area contributed by atoms with E-state index in [4.69, 9.17) is 28.9 Å². The number of rotatable bonds is 6. The zero-order chi connectivity index (χ0) is 13.5. The number of unbranched alkanes of at least 4 members (excludes halogenated alkanes) is 1. The summed E-state index contributed by atoms with van der Waals surface area (Å²) in [5.41, 5.74) is 5.64. The summed E-state index contributed by atoms with van der Waals surface area (Å²) in [5.74, 6) is 0.832. The molecule has 0 aliphatic rings. The van der Waals surface area contributed by atoms with Gasteiger partial charge in [0.2, 0.25) is 0 Å². The maximum atomic E-state index is 10.7. The van der Waals surface area contributed by atoms with Crippen LogP contribution in [-0.4, -0.2) is 10.7 Å². The molecule has 0 fully saturated rings. The summed E-state index contributed by atoms with van der Waals surface area (Å²) < 4.78 is 0.267. The number of anilines is 1. The molecule has 1 rings (SSSR count). The molecule has 0 atom stereocenters. The highest BCUT2D eigenvalue weighted by Gasteiger charge is 2.11. The van der Waals surface area contributed by atoms with Crippen LogP contribution < -0.4 is 5.73 Å². The monoisotopic (exact) mass is 306 g/mol. The molecule has 0 unspecified atom stereocenters. The zero-order valence-corrected chi connectivity index (χ0v) is 11.8. The molecule has 0 saturated heterocycles. The molecule has 7 heteroatoms. The molecule has 0 saturated carbocycles. The number of nitrogens with zero attached hydrogens (tertiary/aromatic N) is 1. The second kappa shape index (κ2) is 7.51. The highest BCUT2D eigenvalue weighted by molar-refractivity contribution is 7.99. The number of hydrogen-bond donors (Lipinski definition) is 1. The Morgan fingerprint density at radius 1 is 1.50 bits per heavy atom. The third kappa shape index (κ3) is 5.16. The van der Waals surface area contributed by atoms with Gasteiger partial charge in [-0.3, -0.25) is 10.1 Å². The molecule has 98 valence electrons. The fourth-order valence-corrected chi connectivity index (χ4v) is 2.38. The summed E-state index contributed by atoms with van der Waals surface area (Å²) in [7, 11) is 0. The van der Waals surface area contributed by atoms with E-state index < -0.39 is 4.92 Å². The van der Waals surface area contributed by atoms with Crippen molar-refractivity contribution in [1.82, 2.24) is 0 Å². The van der Waals surface area contributed by atoms with Crippen molar-refractivity contribution in [3.8, 4) is 0 Å². The second-order valence-corrected chi connectivity index (χ2v) is 5.64. The van der Waals surface area contributed by atoms with Gasteiger partial charge in [-0.2, -0.15) is 0 Å². The summed E-state index contributed by atoms with van der Waals surface area (Å²) in [5, 5.41) is 10.7. The van der Waals surface area contributed by atoms with Crippen molar-refractivity contribution < 1.29 is 4.92 Å².